The van der Waals surface area contributed by atoms with Crippen molar-refractivity contribution in [1.29, 1.82) is 0 Å². The molecule has 0 aliphatic heterocycles. The first kappa shape index (κ1) is 15.8. The van der Waals surface area contributed by atoms with E-state index in [-0.39, 0.29) is 11.9 Å². The number of amides is 1. The summed E-state index contributed by atoms with van der Waals surface area (Å²) >= 11 is 0. The number of aliphatic imine (C=N–C) groups is 1. The molecule has 3 N–H and O–H groups in total. The molecule has 116 valence electrons. The fourth-order valence-corrected chi connectivity index (χ4v) is 2.11. The molecule has 1 amide bonds. The number of hydrogen-bond donors (Lipinski definition) is 2. The van der Waals surface area contributed by atoms with Crippen LogP contribution in [0.2, 0.25) is 0 Å². The zero-order valence-electron chi connectivity index (χ0n) is 13.0. The Morgan fingerprint density at radius 2 is 2.09 bits per heavy atom. The average Bonchev–Trinajstić information content (AvgIpc) is 2.87. The molecule has 22 heavy (non-hydrogen) atoms. The molecule has 0 radical (unpaired) electrons. The topological polar surface area (TPSA) is 93.5 Å². The highest BCUT2D eigenvalue weighted by molar-refractivity contribution is 6.09. The van der Waals surface area contributed by atoms with Crippen molar-refractivity contribution < 1.29 is 9.32 Å². The number of guanidine groups is 1. The highest BCUT2D eigenvalue weighted by Gasteiger charge is 2.22. The van der Waals surface area contributed by atoms with Crippen LogP contribution in [-0.2, 0) is 0 Å². The monoisotopic (exact) mass is 300 g/mol. The van der Waals surface area contributed by atoms with Gasteiger partial charge in [-0.05, 0) is 25.8 Å². The van der Waals surface area contributed by atoms with E-state index in [0.29, 0.717) is 23.6 Å². The molecular formula is C16H20N4O2. The summed E-state index contributed by atoms with van der Waals surface area (Å²) in [5, 5.41) is 6.60. The Labute approximate surface area is 129 Å². The van der Waals surface area contributed by atoms with Gasteiger partial charge in [-0.25, -0.2) is 0 Å². The van der Waals surface area contributed by atoms with E-state index in [1.165, 1.54) is 0 Å². The zero-order chi connectivity index (χ0) is 16.1. The van der Waals surface area contributed by atoms with Gasteiger partial charge in [0.2, 0.25) is 0 Å². The lowest BCUT2D eigenvalue weighted by Crippen LogP contribution is -2.37. The second-order valence-corrected chi connectivity index (χ2v) is 5.00. The van der Waals surface area contributed by atoms with Crippen LogP contribution >= 0.6 is 0 Å². The van der Waals surface area contributed by atoms with Crippen LogP contribution in [0.4, 0.5) is 0 Å². The third kappa shape index (κ3) is 3.33. The minimum absolute atomic E-state index is 0.100. The van der Waals surface area contributed by atoms with E-state index in [9.17, 15) is 4.79 Å². The number of aromatic nitrogens is 1. The summed E-state index contributed by atoms with van der Waals surface area (Å²) in [6, 6.07) is 7.68. The van der Waals surface area contributed by atoms with Crippen molar-refractivity contribution in [2.45, 2.75) is 27.2 Å². The van der Waals surface area contributed by atoms with E-state index >= 15 is 0 Å². The van der Waals surface area contributed by atoms with Gasteiger partial charge in [-0.2, -0.15) is 0 Å². The first-order chi connectivity index (χ1) is 10.5. The molecule has 2 rings (SSSR count). The summed E-state index contributed by atoms with van der Waals surface area (Å²) in [6.07, 6.45) is 0.858. The Bertz CT molecular complexity index is 704. The van der Waals surface area contributed by atoms with Crippen LogP contribution in [0, 0.1) is 13.8 Å². The molecule has 0 fully saturated rings. The number of rotatable bonds is 4. The van der Waals surface area contributed by atoms with E-state index in [4.69, 9.17) is 10.3 Å². The third-order valence-electron chi connectivity index (χ3n) is 3.24. The molecule has 6 heteroatoms. The van der Waals surface area contributed by atoms with Gasteiger partial charge in [0.05, 0.1) is 0 Å². The Kier molecular flexibility index (Phi) is 4.93. The lowest BCUT2D eigenvalue weighted by molar-refractivity contribution is 0.0975. The molecule has 1 heterocycles. The second-order valence-electron chi connectivity index (χ2n) is 5.00. The van der Waals surface area contributed by atoms with E-state index in [0.717, 1.165) is 17.5 Å². The lowest BCUT2D eigenvalue weighted by atomic mass is 10.0. The number of nitrogens with one attached hydrogen (secondary N) is 1. The molecule has 6 nitrogen and oxygen atoms in total. The molecule has 0 aliphatic carbocycles. The van der Waals surface area contributed by atoms with Gasteiger partial charge in [-0.3, -0.25) is 15.1 Å². The normalized spacial score (nSPS) is 11.5. The number of carbonyl (C=O) groups is 1. The van der Waals surface area contributed by atoms with Gasteiger partial charge in [-0.1, -0.05) is 36.3 Å². The average molecular weight is 300 g/mol. The maximum absolute atomic E-state index is 12.4. The van der Waals surface area contributed by atoms with Crippen LogP contribution in [0.1, 0.15) is 35.0 Å². The number of hydrogen-bond acceptors (Lipinski definition) is 4. The first-order valence-corrected chi connectivity index (χ1v) is 7.18. The Morgan fingerprint density at radius 3 is 2.77 bits per heavy atom. The van der Waals surface area contributed by atoms with Gasteiger partial charge >= 0.3 is 0 Å². The predicted octanol–water partition coefficient (Wildman–Crippen LogP) is 2.41. The molecule has 2 aromatic rings. The molecule has 0 aliphatic rings. The van der Waals surface area contributed by atoms with Crippen LogP contribution in [0.5, 0.6) is 0 Å². The molecule has 0 spiro atoms. The van der Waals surface area contributed by atoms with E-state index < -0.39 is 0 Å². The number of nitrogens with two attached hydrogens (primary N) is 1. The second kappa shape index (κ2) is 6.89. The van der Waals surface area contributed by atoms with Crippen molar-refractivity contribution in [3.05, 3.63) is 41.2 Å². The Hall–Kier alpha value is -2.63. The molecule has 1 aromatic heterocycles. The smallest absolute Gasteiger partial charge is 0.263 e. The molecule has 1 aromatic carbocycles. The van der Waals surface area contributed by atoms with Crippen molar-refractivity contribution in [2.24, 2.45) is 10.7 Å². The summed E-state index contributed by atoms with van der Waals surface area (Å²) in [7, 11) is 0. The quantitative estimate of drug-likeness (QED) is 0.669. The van der Waals surface area contributed by atoms with Crippen molar-refractivity contribution in [3.8, 4) is 11.3 Å². The predicted molar refractivity (Wildman–Crippen MR) is 85.7 cm³/mol. The van der Waals surface area contributed by atoms with Crippen molar-refractivity contribution in [3.63, 3.8) is 0 Å². The van der Waals surface area contributed by atoms with Crippen LogP contribution < -0.4 is 11.1 Å². The van der Waals surface area contributed by atoms with E-state index in [1.807, 2.05) is 38.1 Å². The van der Waals surface area contributed by atoms with Gasteiger partial charge in [-0.15, -0.1) is 0 Å². The van der Waals surface area contributed by atoms with Crippen molar-refractivity contribution >= 4 is 11.9 Å². The molecule has 0 bridgehead atoms. The summed E-state index contributed by atoms with van der Waals surface area (Å²) in [5.41, 5.74) is 8.46. The fraction of sp³-hybridized carbons (Fsp3) is 0.312. The van der Waals surface area contributed by atoms with E-state index in [1.54, 1.807) is 6.92 Å². The summed E-state index contributed by atoms with van der Waals surface area (Å²) < 4.78 is 5.20. The first-order valence-electron chi connectivity index (χ1n) is 7.18. The maximum atomic E-state index is 12.4. The minimum Gasteiger partial charge on any atom is -0.370 e. The van der Waals surface area contributed by atoms with Crippen molar-refractivity contribution in [2.75, 3.05) is 6.54 Å². The Morgan fingerprint density at radius 1 is 1.36 bits per heavy atom. The van der Waals surface area contributed by atoms with Crippen LogP contribution in [0.3, 0.4) is 0 Å². The van der Waals surface area contributed by atoms with Gasteiger partial charge in [0.1, 0.15) is 17.0 Å². The summed E-state index contributed by atoms with van der Waals surface area (Å²) in [5.74, 6) is 0.177. The molecule has 0 saturated heterocycles. The summed E-state index contributed by atoms with van der Waals surface area (Å²) in [4.78, 5) is 16.5. The lowest BCUT2D eigenvalue weighted by Gasteiger charge is -2.06. The van der Waals surface area contributed by atoms with Gasteiger partial charge in [0.25, 0.3) is 5.91 Å². The van der Waals surface area contributed by atoms with Crippen LogP contribution in [-0.4, -0.2) is 23.6 Å². The summed E-state index contributed by atoms with van der Waals surface area (Å²) in [6.45, 7) is 6.21. The standard InChI is InChI=1S/C16H20N4O2/c1-4-9-18-16(17)19-15(21)13-11(3)22-20-14(13)12-8-6-5-7-10(12)2/h5-8H,4,9H2,1-3H3,(H3,17,18,19,21). The zero-order valence-corrected chi connectivity index (χ0v) is 13.0. The minimum atomic E-state index is -0.366. The third-order valence-corrected chi connectivity index (χ3v) is 3.24. The highest BCUT2D eigenvalue weighted by atomic mass is 16.5. The SMILES string of the molecule is CCCN=C(N)NC(=O)c1c(-c2ccccc2C)noc1C. The van der Waals surface area contributed by atoms with Gasteiger partial charge in [0.15, 0.2) is 5.96 Å². The highest BCUT2D eigenvalue weighted by Crippen LogP contribution is 2.27. The van der Waals surface area contributed by atoms with Crippen LogP contribution in [0.25, 0.3) is 11.3 Å². The number of nitrogens with zero attached hydrogens (tertiary/aromatic N) is 2. The number of benzene rings is 1. The molecule has 0 unspecified atom stereocenters. The maximum Gasteiger partial charge on any atom is 0.263 e. The Balaban J connectivity index is 2.34. The number of carbonyl (C=O) groups excluding carboxylic acids is 1. The van der Waals surface area contributed by atoms with Gasteiger partial charge in [0, 0.05) is 12.1 Å². The van der Waals surface area contributed by atoms with Crippen LogP contribution in [0.15, 0.2) is 33.8 Å². The molecular weight excluding hydrogens is 280 g/mol. The van der Waals surface area contributed by atoms with Crippen molar-refractivity contribution in [1.82, 2.24) is 10.5 Å². The molecule has 0 atom stereocenters. The fourth-order valence-electron chi connectivity index (χ4n) is 2.11. The number of aryl methyl sites for hydroxylation is 2. The largest absolute Gasteiger partial charge is 0.370 e. The molecule has 0 saturated carbocycles. The van der Waals surface area contributed by atoms with Gasteiger partial charge < -0.3 is 10.3 Å². The van der Waals surface area contributed by atoms with E-state index in [2.05, 4.69) is 15.5 Å².